The molecule has 0 N–H and O–H groups in total. The summed E-state index contributed by atoms with van der Waals surface area (Å²) in [6, 6.07) is 10.2. The highest BCUT2D eigenvalue weighted by molar-refractivity contribution is 5.76. The zero-order valence-electron chi connectivity index (χ0n) is 11.0. The number of likely N-dealkylation sites (N-methyl/N-ethyl adjacent to an activating group) is 1. The lowest BCUT2D eigenvalue weighted by Crippen LogP contribution is -2.54. The van der Waals surface area contributed by atoms with E-state index in [0.717, 1.165) is 26.2 Å². The van der Waals surface area contributed by atoms with Crippen LogP contribution in [0.2, 0.25) is 0 Å². The number of piperazine rings is 1. The van der Waals surface area contributed by atoms with Gasteiger partial charge in [0.1, 0.15) is 6.04 Å². The number of hydrogen-bond donors (Lipinski definition) is 0. The van der Waals surface area contributed by atoms with Gasteiger partial charge in [0, 0.05) is 26.2 Å². The first kappa shape index (κ1) is 13.1. The minimum atomic E-state index is -0.146. The van der Waals surface area contributed by atoms with E-state index in [-0.39, 0.29) is 12.0 Å². The highest BCUT2D eigenvalue weighted by Crippen LogP contribution is 2.12. The first-order valence-electron chi connectivity index (χ1n) is 6.25. The van der Waals surface area contributed by atoms with E-state index in [9.17, 15) is 4.79 Å². The van der Waals surface area contributed by atoms with Gasteiger partial charge >= 0.3 is 5.97 Å². The molecule has 0 amide bonds. The van der Waals surface area contributed by atoms with E-state index in [2.05, 4.69) is 21.9 Å². The van der Waals surface area contributed by atoms with Crippen LogP contribution in [0.5, 0.6) is 0 Å². The second-order valence-corrected chi connectivity index (χ2v) is 4.74. The minimum Gasteiger partial charge on any atom is -0.468 e. The van der Waals surface area contributed by atoms with Crippen molar-refractivity contribution in [1.29, 1.82) is 0 Å². The average molecular weight is 248 g/mol. The second-order valence-electron chi connectivity index (χ2n) is 4.74. The van der Waals surface area contributed by atoms with Gasteiger partial charge in [-0.25, -0.2) is 0 Å². The van der Waals surface area contributed by atoms with Crippen LogP contribution in [-0.2, 0) is 16.1 Å². The van der Waals surface area contributed by atoms with Crippen molar-refractivity contribution in [2.75, 3.05) is 33.8 Å². The third-order valence-electron chi connectivity index (χ3n) is 3.45. The highest BCUT2D eigenvalue weighted by Gasteiger charge is 2.30. The van der Waals surface area contributed by atoms with Gasteiger partial charge in [0.15, 0.2) is 0 Å². The number of hydrogen-bond acceptors (Lipinski definition) is 4. The van der Waals surface area contributed by atoms with Gasteiger partial charge in [-0.15, -0.1) is 0 Å². The summed E-state index contributed by atoms with van der Waals surface area (Å²) in [4.78, 5) is 16.1. The number of rotatable bonds is 3. The molecule has 18 heavy (non-hydrogen) atoms. The summed E-state index contributed by atoms with van der Waals surface area (Å²) < 4.78 is 4.85. The molecule has 0 aromatic heterocycles. The lowest BCUT2D eigenvalue weighted by molar-refractivity contribution is -0.148. The van der Waals surface area contributed by atoms with Crippen molar-refractivity contribution in [3.05, 3.63) is 35.9 Å². The fourth-order valence-electron chi connectivity index (χ4n) is 2.31. The lowest BCUT2D eigenvalue weighted by Gasteiger charge is -2.37. The van der Waals surface area contributed by atoms with E-state index in [1.165, 1.54) is 12.7 Å². The number of nitrogens with zero attached hydrogens (tertiary/aromatic N) is 2. The maximum Gasteiger partial charge on any atom is 0.324 e. The van der Waals surface area contributed by atoms with Gasteiger partial charge in [-0.05, 0) is 12.6 Å². The molecule has 0 unspecified atom stereocenters. The van der Waals surface area contributed by atoms with E-state index < -0.39 is 0 Å². The first-order valence-corrected chi connectivity index (χ1v) is 6.25. The van der Waals surface area contributed by atoms with Crippen LogP contribution in [0, 0.1) is 0 Å². The van der Waals surface area contributed by atoms with E-state index in [1.807, 2.05) is 25.2 Å². The molecule has 4 nitrogen and oxygen atoms in total. The second kappa shape index (κ2) is 5.98. The number of benzene rings is 1. The molecule has 0 aliphatic carbocycles. The average Bonchev–Trinajstić information content (AvgIpc) is 2.41. The van der Waals surface area contributed by atoms with Crippen LogP contribution in [-0.4, -0.2) is 55.6 Å². The number of esters is 1. The lowest BCUT2D eigenvalue weighted by atomic mass is 10.1. The summed E-state index contributed by atoms with van der Waals surface area (Å²) in [6.45, 7) is 3.51. The van der Waals surface area contributed by atoms with Crippen LogP contribution in [0.1, 0.15) is 5.56 Å². The van der Waals surface area contributed by atoms with Crippen LogP contribution in [0.4, 0.5) is 0 Å². The Kier molecular flexibility index (Phi) is 4.33. The third-order valence-corrected chi connectivity index (χ3v) is 3.45. The minimum absolute atomic E-state index is 0.143. The van der Waals surface area contributed by atoms with E-state index in [1.54, 1.807) is 0 Å². The fraction of sp³-hybridized carbons (Fsp3) is 0.500. The fourth-order valence-corrected chi connectivity index (χ4v) is 2.31. The van der Waals surface area contributed by atoms with Crippen LogP contribution in [0.25, 0.3) is 0 Å². The zero-order valence-corrected chi connectivity index (χ0v) is 11.0. The summed E-state index contributed by atoms with van der Waals surface area (Å²) in [5.41, 5.74) is 1.28. The molecule has 0 spiro atoms. The van der Waals surface area contributed by atoms with Crippen molar-refractivity contribution in [2.45, 2.75) is 12.6 Å². The van der Waals surface area contributed by atoms with Gasteiger partial charge in [-0.2, -0.15) is 0 Å². The zero-order chi connectivity index (χ0) is 13.0. The first-order chi connectivity index (χ1) is 8.70. The van der Waals surface area contributed by atoms with Crippen molar-refractivity contribution < 1.29 is 9.53 Å². The van der Waals surface area contributed by atoms with Gasteiger partial charge in [-0.3, -0.25) is 14.6 Å². The van der Waals surface area contributed by atoms with Crippen LogP contribution < -0.4 is 0 Å². The standard InChI is InChI=1S/C14H20N2O2/c1-15-8-9-16(11-13(15)14(17)18-2)10-12-6-4-3-5-7-12/h3-7,13H,8-11H2,1-2H3/t13-/m0/s1. The Morgan fingerprint density at radius 2 is 2.06 bits per heavy atom. The summed E-state index contributed by atoms with van der Waals surface area (Å²) in [7, 11) is 3.42. The molecule has 1 fully saturated rings. The van der Waals surface area contributed by atoms with Crippen molar-refractivity contribution in [3.8, 4) is 0 Å². The number of ether oxygens (including phenoxy) is 1. The molecule has 2 rings (SSSR count). The Hall–Kier alpha value is -1.39. The Morgan fingerprint density at radius 3 is 2.72 bits per heavy atom. The monoisotopic (exact) mass is 248 g/mol. The maximum absolute atomic E-state index is 11.7. The van der Waals surface area contributed by atoms with E-state index in [4.69, 9.17) is 4.74 Å². The van der Waals surface area contributed by atoms with Crippen molar-refractivity contribution in [1.82, 2.24) is 9.80 Å². The number of methoxy groups -OCH3 is 1. The SMILES string of the molecule is COC(=O)[C@@H]1CN(Cc2ccccc2)CCN1C. The van der Waals surface area contributed by atoms with Gasteiger partial charge < -0.3 is 4.74 Å². The smallest absolute Gasteiger partial charge is 0.324 e. The molecule has 1 aromatic carbocycles. The van der Waals surface area contributed by atoms with Crippen molar-refractivity contribution >= 4 is 5.97 Å². The third kappa shape index (κ3) is 3.09. The summed E-state index contributed by atoms with van der Waals surface area (Å²) in [6.07, 6.45) is 0. The summed E-state index contributed by atoms with van der Waals surface area (Å²) >= 11 is 0. The molecule has 98 valence electrons. The largest absolute Gasteiger partial charge is 0.468 e. The molecule has 1 saturated heterocycles. The Labute approximate surface area is 108 Å². The highest BCUT2D eigenvalue weighted by atomic mass is 16.5. The molecule has 4 heteroatoms. The predicted octanol–water partition coefficient (Wildman–Crippen LogP) is 0.976. The van der Waals surface area contributed by atoms with Crippen LogP contribution in [0.15, 0.2) is 30.3 Å². The number of carbonyl (C=O) groups is 1. The number of carbonyl (C=O) groups excluding carboxylic acids is 1. The van der Waals surface area contributed by atoms with Crippen LogP contribution in [0.3, 0.4) is 0 Å². The molecular formula is C14H20N2O2. The molecule has 1 aliphatic heterocycles. The molecule has 0 radical (unpaired) electrons. The maximum atomic E-state index is 11.7. The van der Waals surface area contributed by atoms with Crippen molar-refractivity contribution in [3.63, 3.8) is 0 Å². The normalized spacial score (nSPS) is 21.8. The van der Waals surface area contributed by atoms with Gasteiger partial charge in [-0.1, -0.05) is 30.3 Å². The van der Waals surface area contributed by atoms with E-state index >= 15 is 0 Å². The molecule has 1 aromatic rings. The molecule has 1 aliphatic rings. The Balaban J connectivity index is 1.97. The molecule has 0 saturated carbocycles. The van der Waals surface area contributed by atoms with Gasteiger partial charge in [0.2, 0.25) is 0 Å². The Bertz CT molecular complexity index is 394. The van der Waals surface area contributed by atoms with E-state index in [0.29, 0.717) is 0 Å². The van der Waals surface area contributed by atoms with Gasteiger partial charge in [0.25, 0.3) is 0 Å². The molecular weight excluding hydrogens is 228 g/mol. The van der Waals surface area contributed by atoms with Gasteiger partial charge in [0.05, 0.1) is 7.11 Å². The molecule has 1 heterocycles. The quantitative estimate of drug-likeness (QED) is 0.746. The molecule has 0 bridgehead atoms. The predicted molar refractivity (Wildman–Crippen MR) is 70.2 cm³/mol. The Morgan fingerprint density at radius 1 is 1.33 bits per heavy atom. The van der Waals surface area contributed by atoms with Crippen LogP contribution >= 0.6 is 0 Å². The summed E-state index contributed by atoms with van der Waals surface area (Å²) in [5, 5.41) is 0. The topological polar surface area (TPSA) is 32.8 Å². The van der Waals surface area contributed by atoms with Crippen molar-refractivity contribution in [2.24, 2.45) is 0 Å². The molecule has 1 atom stereocenters. The summed E-state index contributed by atoms with van der Waals surface area (Å²) in [5.74, 6) is -0.143.